The Morgan fingerprint density at radius 3 is 2.72 bits per heavy atom. The standard InChI is InChI=1S/C28H25N3O7S/c1-6-12-38-22-11-10-20(36-5)13-19(22)15-23-26(32)30-25(18-9-8-16(3)21(14-18)31(34)35)24(27(33)37-7-2)17(4)29-28(30)39-23/h1,8-11,13-15,25H,7,12H2,2-5H3/b23-15-. The van der Waals surface area contributed by atoms with Gasteiger partial charge in [0.15, 0.2) is 4.80 Å². The van der Waals surface area contributed by atoms with Gasteiger partial charge < -0.3 is 14.2 Å². The molecule has 0 amide bonds. The number of esters is 1. The fourth-order valence-corrected chi connectivity index (χ4v) is 5.30. The Balaban J connectivity index is 1.99. The molecular formula is C28H25N3O7S. The van der Waals surface area contributed by atoms with E-state index >= 15 is 0 Å². The molecule has 11 heteroatoms. The molecule has 0 radical (unpaired) electrons. The second-order valence-corrected chi connectivity index (χ2v) is 9.51. The summed E-state index contributed by atoms with van der Waals surface area (Å²) in [6.45, 7) is 5.07. The van der Waals surface area contributed by atoms with Crippen LogP contribution in [0.5, 0.6) is 11.5 Å². The molecule has 0 aliphatic carbocycles. The number of ether oxygens (including phenoxy) is 3. The summed E-state index contributed by atoms with van der Waals surface area (Å²) < 4.78 is 17.9. The van der Waals surface area contributed by atoms with Gasteiger partial charge >= 0.3 is 5.97 Å². The zero-order chi connectivity index (χ0) is 28.3. The minimum atomic E-state index is -0.982. The highest BCUT2D eigenvalue weighted by Gasteiger charge is 2.34. The van der Waals surface area contributed by atoms with Gasteiger partial charge in [-0.15, -0.1) is 6.42 Å². The van der Waals surface area contributed by atoms with Crippen molar-refractivity contribution in [2.75, 3.05) is 20.3 Å². The molecule has 2 heterocycles. The number of nitro benzene ring substituents is 1. The lowest BCUT2D eigenvalue weighted by molar-refractivity contribution is -0.385. The number of terminal acetylenes is 1. The van der Waals surface area contributed by atoms with E-state index in [4.69, 9.17) is 20.6 Å². The van der Waals surface area contributed by atoms with Crippen LogP contribution in [0.15, 0.2) is 57.5 Å². The Morgan fingerprint density at radius 1 is 1.28 bits per heavy atom. The van der Waals surface area contributed by atoms with Gasteiger partial charge in [-0.1, -0.05) is 29.4 Å². The van der Waals surface area contributed by atoms with Gasteiger partial charge in [0.1, 0.15) is 18.1 Å². The molecule has 200 valence electrons. The average Bonchev–Trinajstić information content (AvgIpc) is 3.21. The Labute approximate surface area is 227 Å². The van der Waals surface area contributed by atoms with E-state index in [1.54, 1.807) is 57.2 Å². The molecule has 1 atom stereocenters. The van der Waals surface area contributed by atoms with Crippen LogP contribution in [0, 0.1) is 29.4 Å². The lowest BCUT2D eigenvalue weighted by Gasteiger charge is -2.24. The van der Waals surface area contributed by atoms with E-state index in [-0.39, 0.29) is 24.5 Å². The summed E-state index contributed by atoms with van der Waals surface area (Å²) in [6.07, 6.45) is 6.98. The number of nitro groups is 1. The molecule has 1 aliphatic rings. The molecule has 1 aromatic heterocycles. The van der Waals surface area contributed by atoms with Crippen LogP contribution < -0.4 is 24.4 Å². The number of aryl methyl sites for hydroxylation is 1. The third-order valence-electron chi connectivity index (χ3n) is 6.08. The van der Waals surface area contributed by atoms with Gasteiger partial charge in [-0.2, -0.15) is 0 Å². The maximum absolute atomic E-state index is 13.9. The lowest BCUT2D eigenvalue weighted by Crippen LogP contribution is -2.40. The van der Waals surface area contributed by atoms with Gasteiger partial charge in [0.05, 0.1) is 40.5 Å². The molecule has 3 aromatic rings. The molecule has 0 N–H and O–H groups in total. The van der Waals surface area contributed by atoms with Crippen LogP contribution in [-0.4, -0.2) is 35.8 Å². The van der Waals surface area contributed by atoms with Crippen LogP contribution in [0.3, 0.4) is 0 Å². The third-order valence-corrected chi connectivity index (χ3v) is 7.06. The monoisotopic (exact) mass is 547 g/mol. The maximum Gasteiger partial charge on any atom is 0.338 e. The summed E-state index contributed by atoms with van der Waals surface area (Å²) in [4.78, 5) is 43.0. The van der Waals surface area contributed by atoms with E-state index in [2.05, 4.69) is 10.9 Å². The first-order valence-electron chi connectivity index (χ1n) is 11.9. The molecule has 1 unspecified atom stereocenters. The van der Waals surface area contributed by atoms with Crippen molar-refractivity contribution in [1.82, 2.24) is 4.57 Å². The van der Waals surface area contributed by atoms with Crippen LogP contribution in [0.4, 0.5) is 5.69 Å². The Hall–Kier alpha value is -4.69. The van der Waals surface area contributed by atoms with Gasteiger partial charge in [-0.25, -0.2) is 9.79 Å². The highest BCUT2D eigenvalue weighted by atomic mass is 32.1. The number of thiazole rings is 1. The molecule has 0 spiro atoms. The van der Waals surface area contributed by atoms with Gasteiger partial charge in [-0.05, 0) is 50.6 Å². The van der Waals surface area contributed by atoms with Crippen molar-refractivity contribution in [3.8, 4) is 23.8 Å². The molecule has 0 saturated heterocycles. The summed E-state index contributed by atoms with van der Waals surface area (Å²) in [5, 5.41) is 11.7. The van der Waals surface area contributed by atoms with Crippen molar-refractivity contribution in [2.24, 2.45) is 4.99 Å². The largest absolute Gasteiger partial charge is 0.497 e. The van der Waals surface area contributed by atoms with E-state index in [1.807, 2.05) is 0 Å². The number of hydrogen-bond acceptors (Lipinski definition) is 9. The topological polar surface area (TPSA) is 122 Å². The quantitative estimate of drug-likeness (QED) is 0.184. The van der Waals surface area contributed by atoms with Crippen molar-refractivity contribution in [3.63, 3.8) is 0 Å². The number of rotatable bonds is 8. The van der Waals surface area contributed by atoms with E-state index in [0.717, 1.165) is 11.3 Å². The molecule has 2 aromatic carbocycles. The molecule has 0 saturated carbocycles. The van der Waals surface area contributed by atoms with Gasteiger partial charge in [0.25, 0.3) is 11.2 Å². The normalized spacial score (nSPS) is 14.7. The number of carbonyl (C=O) groups is 1. The Kier molecular flexibility index (Phi) is 7.97. The third kappa shape index (κ3) is 5.32. The number of benzene rings is 2. The molecule has 4 rings (SSSR count). The van der Waals surface area contributed by atoms with Crippen LogP contribution in [0.2, 0.25) is 0 Å². The van der Waals surface area contributed by atoms with Gasteiger partial charge in [-0.3, -0.25) is 19.5 Å². The van der Waals surface area contributed by atoms with Crippen molar-refractivity contribution < 1.29 is 23.9 Å². The van der Waals surface area contributed by atoms with Gasteiger partial charge in [0.2, 0.25) is 0 Å². The predicted molar refractivity (Wildman–Crippen MR) is 146 cm³/mol. The van der Waals surface area contributed by atoms with Crippen molar-refractivity contribution >= 4 is 29.1 Å². The summed E-state index contributed by atoms with van der Waals surface area (Å²) in [7, 11) is 1.52. The van der Waals surface area contributed by atoms with Crippen molar-refractivity contribution in [1.29, 1.82) is 0 Å². The average molecular weight is 548 g/mol. The molecule has 0 fully saturated rings. The molecule has 10 nitrogen and oxygen atoms in total. The highest BCUT2D eigenvalue weighted by molar-refractivity contribution is 7.07. The van der Waals surface area contributed by atoms with Crippen LogP contribution in [0.25, 0.3) is 6.08 Å². The summed E-state index contributed by atoms with van der Waals surface area (Å²) in [6, 6.07) is 8.76. The second-order valence-electron chi connectivity index (χ2n) is 8.50. The summed E-state index contributed by atoms with van der Waals surface area (Å²) in [5.74, 6) is 2.76. The van der Waals surface area contributed by atoms with Crippen LogP contribution >= 0.6 is 11.3 Å². The molecule has 0 bridgehead atoms. The van der Waals surface area contributed by atoms with E-state index in [9.17, 15) is 19.7 Å². The minimum absolute atomic E-state index is 0.0305. The molecule has 39 heavy (non-hydrogen) atoms. The zero-order valence-corrected chi connectivity index (χ0v) is 22.5. The number of methoxy groups -OCH3 is 1. The smallest absolute Gasteiger partial charge is 0.338 e. The van der Waals surface area contributed by atoms with Gasteiger partial charge in [0, 0.05) is 17.2 Å². The number of carbonyl (C=O) groups excluding carboxylic acids is 1. The maximum atomic E-state index is 13.9. The number of aromatic nitrogens is 1. The Bertz CT molecular complexity index is 1730. The predicted octanol–water partition coefficient (Wildman–Crippen LogP) is 3.04. The minimum Gasteiger partial charge on any atom is -0.497 e. The van der Waals surface area contributed by atoms with E-state index in [0.29, 0.717) is 43.2 Å². The van der Waals surface area contributed by atoms with E-state index < -0.39 is 22.5 Å². The summed E-state index contributed by atoms with van der Waals surface area (Å²) in [5.41, 5.74) is 1.32. The van der Waals surface area contributed by atoms with Crippen molar-refractivity contribution in [2.45, 2.75) is 26.8 Å². The second kappa shape index (κ2) is 11.4. The van der Waals surface area contributed by atoms with Crippen molar-refractivity contribution in [3.05, 3.63) is 94.2 Å². The van der Waals surface area contributed by atoms with Crippen LogP contribution in [0.1, 0.15) is 36.6 Å². The molecular weight excluding hydrogens is 522 g/mol. The van der Waals surface area contributed by atoms with Crippen LogP contribution in [-0.2, 0) is 9.53 Å². The number of allylic oxidation sites excluding steroid dienone is 1. The summed E-state index contributed by atoms with van der Waals surface area (Å²) >= 11 is 1.12. The fraction of sp³-hybridized carbons (Fsp3) is 0.250. The first-order valence-corrected chi connectivity index (χ1v) is 12.7. The zero-order valence-electron chi connectivity index (χ0n) is 21.7. The number of nitrogens with zero attached hydrogens (tertiary/aromatic N) is 3. The fourth-order valence-electron chi connectivity index (χ4n) is 4.26. The first-order chi connectivity index (χ1) is 18.7. The number of fused-ring (bicyclic) bond motifs is 1. The Morgan fingerprint density at radius 2 is 2.05 bits per heavy atom. The highest BCUT2D eigenvalue weighted by Crippen LogP contribution is 2.33. The number of hydrogen-bond donors (Lipinski definition) is 0. The lowest BCUT2D eigenvalue weighted by atomic mass is 9.94. The molecule has 1 aliphatic heterocycles. The first kappa shape index (κ1) is 27.3. The SMILES string of the molecule is C#CCOc1ccc(OC)cc1/C=c1\sc2n(c1=O)C(c1ccc(C)c([N+](=O)[O-])c1)C(C(=O)OCC)=C(C)N=2. The van der Waals surface area contributed by atoms with E-state index in [1.165, 1.54) is 17.7 Å².